The second-order valence-corrected chi connectivity index (χ2v) is 11.3. The summed E-state index contributed by atoms with van der Waals surface area (Å²) >= 11 is 0. The maximum absolute atomic E-state index is 12.0. The van der Waals surface area contributed by atoms with Crippen molar-refractivity contribution in [1.82, 2.24) is 0 Å². The van der Waals surface area contributed by atoms with E-state index in [9.17, 15) is 4.80 Å². The van der Waals surface area contributed by atoms with Crippen LogP contribution in [0.1, 0.15) is 47.0 Å². The normalized spacial score (nSPS) is 13.8. The molecule has 0 unspecified atom stereocenters. The molecule has 0 bridgehead atoms. The highest BCUT2D eigenvalue weighted by molar-refractivity contribution is 6.98. The molecule has 2 aromatic rings. The maximum Gasteiger partial charge on any atom is 0.258 e. The highest BCUT2D eigenvalue weighted by Crippen LogP contribution is 2.40. The standard InChI is InChI=1S/C21H30OSi/c1-5-18(2)16-17-21(3,4)23(22,19-12-8-6-9-13-19)20-14-10-7-11-15-20/h6-15,18,22H,5,16-17H2,1-4H3/t18-/m1/s1. The molecule has 0 saturated heterocycles. The zero-order valence-electron chi connectivity index (χ0n) is 14.9. The van der Waals surface area contributed by atoms with E-state index in [0.29, 0.717) is 5.92 Å². The van der Waals surface area contributed by atoms with E-state index < -0.39 is 8.32 Å². The summed E-state index contributed by atoms with van der Waals surface area (Å²) in [6.07, 6.45) is 3.42. The first-order valence-electron chi connectivity index (χ1n) is 8.75. The van der Waals surface area contributed by atoms with Gasteiger partial charge in [0.1, 0.15) is 0 Å². The Balaban J connectivity index is 2.46. The zero-order chi connectivity index (χ0) is 16.9. The van der Waals surface area contributed by atoms with E-state index in [0.717, 1.165) is 16.8 Å². The summed E-state index contributed by atoms with van der Waals surface area (Å²) in [5.74, 6) is 0.707. The highest BCUT2D eigenvalue weighted by Gasteiger charge is 2.49. The van der Waals surface area contributed by atoms with Crippen LogP contribution in [0.15, 0.2) is 60.7 Å². The molecule has 1 nitrogen and oxygen atoms in total. The van der Waals surface area contributed by atoms with Crippen molar-refractivity contribution >= 4 is 18.7 Å². The third kappa shape index (κ3) is 3.76. The Morgan fingerprint density at radius 3 is 1.74 bits per heavy atom. The molecule has 0 aliphatic heterocycles. The molecular weight excluding hydrogens is 296 g/mol. The first kappa shape index (κ1) is 18.0. The lowest BCUT2D eigenvalue weighted by Crippen LogP contribution is -2.65. The van der Waals surface area contributed by atoms with Gasteiger partial charge in [-0.15, -0.1) is 0 Å². The van der Waals surface area contributed by atoms with E-state index in [4.69, 9.17) is 0 Å². The fourth-order valence-corrected chi connectivity index (χ4v) is 7.05. The van der Waals surface area contributed by atoms with Gasteiger partial charge in [0, 0.05) is 0 Å². The van der Waals surface area contributed by atoms with Gasteiger partial charge in [-0.05, 0) is 27.8 Å². The van der Waals surface area contributed by atoms with E-state index in [-0.39, 0.29) is 5.04 Å². The Bertz CT molecular complexity index is 552. The average molecular weight is 327 g/mol. The summed E-state index contributed by atoms with van der Waals surface area (Å²) in [7, 11) is -2.81. The SMILES string of the molecule is CC[C@@H](C)CCC(C)(C)[Si](O)(c1ccccc1)c1ccccc1. The van der Waals surface area contributed by atoms with Gasteiger partial charge in [-0.1, -0.05) is 101 Å². The number of hydrogen-bond donors (Lipinski definition) is 1. The van der Waals surface area contributed by atoms with Gasteiger partial charge < -0.3 is 4.80 Å². The van der Waals surface area contributed by atoms with Crippen molar-refractivity contribution in [2.24, 2.45) is 5.92 Å². The molecule has 0 amide bonds. The monoisotopic (exact) mass is 326 g/mol. The van der Waals surface area contributed by atoms with E-state index in [1.165, 1.54) is 12.8 Å². The van der Waals surface area contributed by atoms with Crippen molar-refractivity contribution in [2.75, 3.05) is 0 Å². The van der Waals surface area contributed by atoms with Crippen LogP contribution in [0.4, 0.5) is 0 Å². The van der Waals surface area contributed by atoms with Crippen molar-refractivity contribution < 1.29 is 4.80 Å². The highest BCUT2D eigenvalue weighted by atomic mass is 28.4. The number of rotatable bonds is 7. The van der Waals surface area contributed by atoms with Crippen molar-refractivity contribution in [3.63, 3.8) is 0 Å². The summed E-state index contributed by atoms with van der Waals surface area (Å²) in [6.45, 7) is 9.06. The molecule has 0 aliphatic carbocycles. The van der Waals surface area contributed by atoms with Gasteiger partial charge in [-0.3, -0.25) is 0 Å². The predicted molar refractivity (Wildman–Crippen MR) is 103 cm³/mol. The Morgan fingerprint density at radius 1 is 0.913 bits per heavy atom. The largest absolute Gasteiger partial charge is 0.424 e. The molecule has 1 atom stereocenters. The van der Waals surface area contributed by atoms with E-state index in [2.05, 4.69) is 52.0 Å². The van der Waals surface area contributed by atoms with Crippen LogP contribution < -0.4 is 10.4 Å². The van der Waals surface area contributed by atoms with E-state index >= 15 is 0 Å². The molecule has 0 aliphatic rings. The summed E-state index contributed by atoms with van der Waals surface area (Å²) in [4.78, 5) is 12.0. The van der Waals surface area contributed by atoms with E-state index in [1.807, 2.05) is 36.4 Å². The fourth-order valence-electron chi connectivity index (χ4n) is 3.30. The van der Waals surface area contributed by atoms with Crippen molar-refractivity contribution in [3.05, 3.63) is 60.7 Å². The molecular formula is C21H30OSi. The van der Waals surface area contributed by atoms with Crippen LogP contribution in [0.5, 0.6) is 0 Å². The van der Waals surface area contributed by atoms with Crippen LogP contribution in [0.2, 0.25) is 5.04 Å². The predicted octanol–water partition coefficient (Wildman–Crippen LogP) is 4.35. The van der Waals surface area contributed by atoms with Gasteiger partial charge in [0.2, 0.25) is 0 Å². The minimum absolute atomic E-state index is 0.112. The Labute approximate surface area is 142 Å². The molecule has 2 aromatic carbocycles. The summed E-state index contributed by atoms with van der Waals surface area (Å²) in [5, 5.41) is 2.11. The van der Waals surface area contributed by atoms with Crippen molar-refractivity contribution in [2.45, 2.75) is 52.0 Å². The lowest BCUT2D eigenvalue weighted by molar-refractivity contribution is 0.409. The van der Waals surface area contributed by atoms with Gasteiger partial charge in [0.05, 0.1) is 0 Å². The molecule has 0 fully saturated rings. The molecule has 2 rings (SSSR count). The van der Waals surface area contributed by atoms with Crippen LogP contribution >= 0.6 is 0 Å². The van der Waals surface area contributed by atoms with Crippen molar-refractivity contribution in [3.8, 4) is 0 Å². The van der Waals surface area contributed by atoms with Crippen molar-refractivity contribution in [1.29, 1.82) is 0 Å². The molecule has 0 saturated carbocycles. The molecule has 0 radical (unpaired) electrons. The third-order valence-electron chi connectivity index (χ3n) is 5.32. The minimum Gasteiger partial charge on any atom is -0.424 e. The average Bonchev–Trinajstić information content (AvgIpc) is 2.60. The molecule has 0 heterocycles. The van der Waals surface area contributed by atoms with Crippen LogP contribution in [-0.4, -0.2) is 13.1 Å². The molecule has 0 aromatic heterocycles. The fraction of sp³-hybridized carbons (Fsp3) is 0.429. The lowest BCUT2D eigenvalue weighted by atomic mass is 9.97. The van der Waals surface area contributed by atoms with Gasteiger partial charge in [0.15, 0.2) is 0 Å². The van der Waals surface area contributed by atoms with Gasteiger partial charge in [-0.25, -0.2) is 0 Å². The first-order chi connectivity index (χ1) is 10.9. The second kappa shape index (κ2) is 7.46. The molecule has 23 heavy (non-hydrogen) atoms. The lowest BCUT2D eigenvalue weighted by Gasteiger charge is -2.41. The quantitative estimate of drug-likeness (QED) is 0.750. The van der Waals surface area contributed by atoms with Crippen LogP contribution in [0.3, 0.4) is 0 Å². The summed E-state index contributed by atoms with van der Waals surface area (Å²) in [5.41, 5.74) is 0. The molecule has 1 N–H and O–H groups in total. The van der Waals surface area contributed by atoms with Crippen LogP contribution in [0.25, 0.3) is 0 Å². The van der Waals surface area contributed by atoms with Gasteiger partial charge in [0.25, 0.3) is 8.32 Å². The van der Waals surface area contributed by atoms with E-state index in [1.54, 1.807) is 0 Å². The molecule has 0 spiro atoms. The first-order valence-corrected chi connectivity index (χ1v) is 10.7. The Morgan fingerprint density at radius 2 is 1.35 bits per heavy atom. The number of hydrogen-bond acceptors (Lipinski definition) is 1. The van der Waals surface area contributed by atoms with Crippen LogP contribution in [0, 0.1) is 5.92 Å². The van der Waals surface area contributed by atoms with Gasteiger partial charge in [-0.2, -0.15) is 0 Å². The zero-order valence-corrected chi connectivity index (χ0v) is 15.9. The smallest absolute Gasteiger partial charge is 0.258 e. The number of benzene rings is 2. The topological polar surface area (TPSA) is 20.2 Å². The summed E-state index contributed by atoms with van der Waals surface area (Å²) in [6, 6.07) is 20.6. The van der Waals surface area contributed by atoms with Gasteiger partial charge >= 0.3 is 0 Å². The molecule has 2 heteroatoms. The Kier molecular flexibility index (Phi) is 5.82. The maximum atomic E-state index is 12.0. The van der Waals surface area contributed by atoms with Crippen LogP contribution in [-0.2, 0) is 0 Å². The Hall–Kier alpha value is -1.38. The third-order valence-corrected chi connectivity index (χ3v) is 9.87. The molecule has 124 valence electrons. The summed E-state index contributed by atoms with van der Waals surface area (Å²) < 4.78 is 0. The second-order valence-electron chi connectivity index (χ2n) is 7.38. The minimum atomic E-state index is -2.81.